The number of nitrogens with zero attached hydrogens (tertiary/aromatic N) is 2. The van der Waals surface area contributed by atoms with Crippen LogP contribution in [0, 0.1) is 5.82 Å². The van der Waals surface area contributed by atoms with Gasteiger partial charge in [0.2, 0.25) is 0 Å². The molecule has 0 atom stereocenters. The van der Waals surface area contributed by atoms with Crippen molar-refractivity contribution in [3.63, 3.8) is 0 Å². The largest absolute Gasteiger partial charge is 0.460 e. The Balaban J connectivity index is 1.60. The van der Waals surface area contributed by atoms with Gasteiger partial charge in [0.1, 0.15) is 23.2 Å². The van der Waals surface area contributed by atoms with Crippen LogP contribution < -0.4 is 5.32 Å². The molecule has 0 aliphatic rings. The van der Waals surface area contributed by atoms with Crippen LogP contribution in [-0.2, 0) is 20.1 Å². The minimum absolute atomic E-state index is 0.248. The van der Waals surface area contributed by atoms with Gasteiger partial charge in [-0.2, -0.15) is 0 Å². The number of halogens is 1. The topological polar surface area (TPSA) is 43.0 Å². The van der Waals surface area contributed by atoms with Gasteiger partial charge < -0.3 is 14.3 Å². The molecule has 3 rings (SSSR count). The lowest BCUT2D eigenvalue weighted by Gasteiger charge is -2.03. The van der Waals surface area contributed by atoms with Crippen molar-refractivity contribution < 1.29 is 8.81 Å². The third-order valence-corrected chi connectivity index (χ3v) is 3.29. The second-order valence-electron chi connectivity index (χ2n) is 4.83. The van der Waals surface area contributed by atoms with Crippen molar-refractivity contribution in [2.45, 2.75) is 13.1 Å². The summed E-state index contributed by atoms with van der Waals surface area (Å²) in [6, 6.07) is 10.1. The summed E-state index contributed by atoms with van der Waals surface area (Å²) in [7, 11) is 1.96. The maximum atomic E-state index is 12.9. The van der Waals surface area contributed by atoms with Gasteiger partial charge in [-0.15, -0.1) is 0 Å². The molecule has 0 saturated carbocycles. The number of hydrogen-bond acceptors (Lipinski definition) is 3. The lowest BCUT2D eigenvalue weighted by atomic mass is 10.2. The van der Waals surface area contributed by atoms with Gasteiger partial charge in [0.25, 0.3) is 0 Å². The highest BCUT2D eigenvalue weighted by Gasteiger charge is 2.05. The minimum Gasteiger partial charge on any atom is -0.460 e. The quantitative estimate of drug-likeness (QED) is 0.783. The Kier molecular flexibility index (Phi) is 3.83. The molecule has 0 saturated heterocycles. The van der Waals surface area contributed by atoms with Crippen molar-refractivity contribution in [3.05, 3.63) is 66.2 Å². The molecule has 4 nitrogen and oxygen atoms in total. The van der Waals surface area contributed by atoms with Crippen LogP contribution in [0.15, 0.2) is 53.2 Å². The summed E-state index contributed by atoms with van der Waals surface area (Å²) in [4.78, 5) is 4.24. The highest BCUT2D eigenvalue weighted by Crippen LogP contribution is 2.22. The van der Waals surface area contributed by atoms with E-state index >= 15 is 0 Å². The van der Waals surface area contributed by atoms with E-state index in [-0.39, 0.29) is 5.82 Å². The Morgan fingerprint density at radius 3 is 2.67 bits per heavy atom. The number of furan rings is 1. The van der Waals surface area contributed by atoms with Gasteiger partial charge in [0, 0.05) is 25.0 Å². The normalized spacial score (nSPS) is 11.0. The Bertz CT molecular complexity index is 715. The van der Waals surface area contributed by atoms with Gasteiger partial charge in [-0.25, -0.2) is 9.37 Å². The van der Waals surface area contributed by atoms with E-state index < -0.39 is 0 Å². The first-order valence-electron chi connectivity index (χ1n) is 6.74. The number of nitrogens with one attached hydrogen (secondary N) is 1. The highest BCUT2D eigenvalue weighted by molar-refractivity contribution is 5.57. The lowest BCUT2D eigenvalue weighted by Crippen LogP contribution is -2.15. The molecule has 0 spiro atoms. The smallest absolute Gasteiger partial charge is 0.134 e. The molecule has 0 radical (unpaired) electrons. The van der Waals surface area contributed by atoms with Crippen molar-refractivity contribution in [1.29, 1.82) is 0 Å². The predicted molar refractivity (Wildman–Crippen MR) is 77.9 cm³/mol. The van der Waals surface area contributed by atoms with E-state index in [0.717, 1.165) is 22.9 Å². The molecule has 3 aromatic rings. The third kappa shape index (κ3) is 3.20. The van der Waals surface area contributed by atoms with Gasteiger partial charge in [0.05, 0.1) is 13.1 Å². The van der Waals surface area contributed by atoms with Crippen molar-refractivity contribution in [3.8, 4) is 11.3 Å². The van der Waals surface area contributed by atoms with Gasteiger partial charge in [0.15, 0.2) is 0 Å². The second-order valence-corrected chi connectivity index (χ2v) is 4.83. The van der Waals surface area contributed by atoms with Crippen LogP contribution in [-0.4, -0.2) is 9.55 Å². The summed E-state index contributed by atoms with van der Waals surface area (Å²) in [5.74, 6) is 2.30. The SMILES string of the molecule is Cn1ccnc1CNCc1ccc(-c2ccc(F)cc2)o1. The van der Waals surface area contributed by atoms with Crippen LogP contribution in [0.5, 0.6) is 0 Å². The molecule has 0 fully saturated rings. The molecule has 0 bridgehead atoms. The monoisotopic (exact) mass is 285 g/mol. The van der Waals surface area contributed by atoms with Gasteiger partial charge >= 0.3 is 0 Å². The number of aryl methyl sites for hydroxylation is 1. The third-order valence-electron chi connectivity index (χ3n) is 3.29. The van der Waals surface area contributed by atoms with E-state index in [9.17, 15) is 4.39 Å². The molecular weight excluding hydrogens is 269 g/mol. The molecule has 0 aliphatic heterocycles. The van der Waals surface area contributed by atoms with Gasteiger partial charge in [-0.05, 0) is 36.4 Å². The summed E-state index contributed by atoms with van der Waals surface area (Å²) in [6.07, 6.45) is 3.69. The van der Waals surface area contributed by atoms with Crippen LogP contribution >= 0.6 is 0 Å². The molecule has 2 heterocycles. The van der Waals surface area contributed by atoms with E-state index in [1.807, 2.05) is 29.9 Å². The molecular formula is C16H16FN3O. The van der Waals surface area contributed by atoms with Crippen LogP contribution in [0.2, 0.25) is 0 Å². The molecule has 5 heteroatoms. The molecule has 1 N–H and O–H groups in total. The van der Waals surface area contributed by atoms with Crippen molar-refractivity contribution in [2.75, 3.05) is 0 Å². The standard InChI is InChI=1S/C16H16FN3O/c1-20-9-8-19-16(20)11-18-10-14-6-7-15(21-14)12-2-4-13(17)5-3-12/h2-9,18H,10-11H2,1H3. The number of rotatable bonds is 5. The number of benzene rings is 1. The van der Waals surface area contributed by atoms with Gasteiger partial charge in [-0.3, -0.25) is 0 Å². The average Bonchev–Trinajstić information content (AvgIpc) is 3.10. The zero-order valence-corrected chi connectivity index (χ0v) is 11.7. The molecule has 2 aromatic heterocycles. The first-order valence-corrected chi connectivity index (χ1v) is 6.74. The van der Waals surface area contributed by atoms with Crippen LogP contribution in [0.25, 0.3) is 11.3 Å². The Morgan fingerprint density at radius 2 is 1.95 bits per heavy atom. The van der Waals surface area contributed by atoms with Crippen LogP contribution in [0.1, 0.15) is 11.6 Å². The fraction of sp³-hybridized carbons (Fsp3) is 0.188. The summed E-state index contributed by atoms with van der Waals surface area (Å²) >= 11 is 0. The fourth-order valence-corrected chi connectivity index (χ4v) is 2.11. The van der Waals surface area contributed by atoms with E-state index in [1.54, 1.807) is 18.3 Å². The van der Waals surface area contributed by atoms with E-state index in [1.165, 1.54) is 12.1 Å². The minimum atomic E-state index is -0.248. The first kappa shape index (κ1) is 13.6. The zero-order chi connectivity index (χ0) is 14.7. The summed E-state index contributed by atoms with van der Waals surface area (Å²) in [5.41, 5.74) is 0.867. The average molecular weight is 285 g/mol. The molecule has 0 amide bonds. The first-order chi connectivity index (χ1) is 10.2. The van der Waals surface area contributed by atoms with E-state index in [0.29, 0.717) is 13.1 Å². The van der Waals surface area contributed by atoms with Crippen molar-refractivity contribution in [2.24, 2.45) is 7.05 Å². The van der Waals surface area contributed by atoms with E-state index in [2.05, 4.69) is 10.3 Å². The van der Waals surface area contributed by atoms with Gasteiger partial charge in [-0.1, -0.05) is 0 Å². The second kappa shape index (κ2) is 5.93. The Morgan fingerprint density at radius 1 is 1.14 bits per heavy atom. The van der Waals surface area contributed by atoms with E-state index in [4.69, 9.17) is 4.42 Å². The summed E-state index contributed by atoms with van der Waals surface area (Å²) in [6.45, 7) is 1.30. The highest BCUT2D eigenvalue weighted by atomic mass is 19.1. The molecule has 0 unspecified atom stereocenters. The van der Waals surface area contributed by atoms with Crippen molar-refractivity contribution in [1.82, 2.24) is 14.9 Å². The Hall–Kier alpha value is -2.40. The number of aromatic nitrogens is 2. The summed E-state index contributed by atoms with van der Waals surface area (Å²) in [5, 5.41) is 3.28. The van der Waals surface area contributed by atoms with Crippen LogP contribution in [0.3, 0.4) is 0 Å². The maximum Gasteiger partial charge on any atom is 0.134 e. The number of imidazole rings is 1. The predicted octanol–water partition coefficient (Wildman–Crippen LogP) is 3.11. The number of hydrogen-bond donors (Lipinski definition) is 1. The van der Waals surface area contributed by atoms with Crippen molar-refractivity contribution >= 4 is 0 Å². The Labute approximate surface area is 122 Å². The lowest BCUT2D eigenvalue weighted by molar-refractivity contribution is 0.488. The molecule has 0 aliphatic carbocycles. The fourth-order valence-electron chi connectivity index (χ4n) is 2.11. The van der Waals surface area contributed by atoms with Crippen LogP contribution in [0.4, 0.5) is 4.39 Å². The maximum absolute atomic E-state index is 12.9. The zero-order valence-electron chi connectivity index (χ0n) is 11.7. The molecule has 21 heavy (non-hydrogen) atoms. The summed E-state index contributed by atoms with van der Waals surface area (Å²) < 4.78 is 20.6. The molecule has 1 aromatic carbocycles. The molecule has 108 valence electrons.